The number of nitrogens with one attached hydrogen (secondary N) is 2. The molecule has 0 unspecified atom stereocenters. The van der Waals surface area contributed by atoms with Crippen LogP contribution in [0.5, 0.6) is 5.75 Å². The van der Waals surface area contributed by atoms with Crippen molar-refractivity contribution < 1.29 is 14.3 Å². The number of para-hydroxylation sites is 2. The summed E-state index contributed by atoms with van der Waals surface area (Å²) in [4.78, 5) is 24.4. The van der Waals surface area contributed by atoms with Crippen molar-refractivity contribution in [2.45, 2.75) is 20.0 Å². The number of carbonyl (C=O) groups is 2. The van der Waals surface area contributed by atoms with E-state index in [2.05, 4.69) is 10.6 Å². The Bertz CT molecular complexity index is 755. The van der Waals surface area contributed by atoms with Crippen LogP contribution in [0, 0.1) is 13.8 Å². The van der Waals surface area contributed by atoms with Gasteiger partial charge in [0.1, 0.15) is 5.75 Å². The number of carbonyl (C=O) groups excluding carboxylic acids is 2. The Kier molecular flexibility index (Phi) is 3.55. The topological polar surface area (TPSA) is 67.4 Å². The molecule has 1 aliphatic rings. The van der Waals surface area contributed by atoms with Gasteiger partial charge in [-0.2, -0.15) is 0 Å². The summed E-state index contributed by atoms with van der Waals surface area (Å²) in [5.41, 5.74) is 3.29. The summed E-state index contributed by atoms with van der Waals surface area (Å²) in [5, 5.41) is 5.42. The van der Waals surface area contributed by atoms with Gasteiger partial charge in [-0.3, -0.25) is 9.59 Å². The standard InChI is InChI=1S/C17H16N2O3/c1-10-7-8-12(11(2)9-10)18-16(20)15-17(21)19-13-5-3-4-6-14(13)22-15/h3-9,15H,1-2H3,(H,18,20)(H,19,21)/t15-/m0/s1. The Morgan fingerprint density at radius 1 is 1.18 bits per heavy atom. The third-order valence-corrected chi connectivity index (χ3v) is 3.51. The number of ether oxygens (including phenoxy) is 1. The van der Waals surface area contributed by atoms with Crippen LogP contribution in [0.15, 0.2) is 42.5 Å². The Hall–Kier alpha value is -2.82. The van der Waals surface area contributed by atoms with Gasteiger partial charge >= 0.3 is 0 Å². The molecule has 1 atom stereocenters. The van der Waals surface area contributed by atoms with Crippen LogP contribution in [0.25, 0.3) is 0 Å². The van der Waals surface area contributed by atoms with Crippen LogP contribution in [0.3, 0.4) is 0 Å². The first-order valence-electron chi connectivity index (χ1n) is 6.99. The van der Waals surface area contributed by atoms with E-state index in [1.165, 1.54) is 0 Å². The molecule has 5 heteroatoms. The van der Waals surface area contributed by atoms with Gasteiger partial charge in [-0.1, -0.05) is 29.8 Å². The minimum Gasteiger partial charge on any atom is -0.468 e. The lowest BCUT2D eigenvalue weighted by Gasteiger charge is -2.25. The first-order chi connectivity index (χ1) is 10.5. The van der Waals surface area contributed by atoms with E-state index in [1.54, 1.807) is 24.3 Å². The third-order valence-electron chi connectivity index (χ3n) is 3.51. The molecule has 22 heavy (non-hydrogen) atoms. The highest BCUT2D eigenvalue weighted by atomic mass is 16.5. The van der Waals surface area contributed by atoms with E-state index in [-0.39, 0.29) is 0 Å². The molecule has 1 aliphatic heterocycles. The van der Waals surface area contributed by atoms with Crippen molar-refractivity contribution in [3.8, 4) is 5.75 Å². The summed E-state index contributed by atoms with van der Waals surface area (Å²) >= 11 is 0. The number of rotatable bonds is 2. The third kappa shape index (κ3) is 2.65. The molecular formula is C17H16N2O3. The van der Waals surface area contributed by atoms with Crippen LogP contribution in [-0.4, -0.2) is 17.9 Å². The predicted molar refractivity (Wildman–Crippen MR) is 84.0 cm³/mol. The molecule has 0 spiro atoms. The van der Waals surface area contributed by atoms with Crippen molar-refractivity contribution in [3.05, 3.63) is 53.6 Å². The number of fused-ring (bicyclic) bond motifs is 1. The molecule has 112 valence electrons. The second-order valence-electron chi connectivity index (χ2n) is 5.29. The SMILES string of the molecule is Cc1ccc(NC(=O)[C@@H]2Oc3ccccc3NC2=O)c(C)c1. The zero-order valence-electron chi connectivity index (χ0n) is 12.3. The van der Waals surface area contributed by atoms with E-state index >= 15 is 0 Å². The molecular weight excluding hydrogens is 280 g/mol. The smallest absolute Gasteiger partial charge is 0.275 e. The van der Waals surface area contributed by atoms with E-state index in [1.807, 2.05) is 32.0 Å². The number of hydrogen-bond donors (Lipinski definition) is 2. The molecule has 1 heterocycles. The van der Waals surface area contributed by atoms with E-state index in [0.29, 0.717) is 17.1 Å². The van der Waals surface area contributed by atoms with Crippen LogP contribution in [0.4, 0.5) is 11.4 Å². The van der Waals surface area contributed by atoms with E-state index in [4.69, 9.17) is 4.74 Å². The second kappa shape index (κ2) is 5.52. The summed E-state index contributed by atoms with van der Waals surface area (Å²) in [6.45, 7) is 3.88. The Morgan fingerprint density at radius 2 is 1.95 bits per heavy atom. The molecule has 0 fully saturated rings. The molecule has 0 aromatic heterocycles. The molecule has 2 amide bonds. The average Bonchev–Trinajstić information content (AvgIpc) is 2.49. The van der Waals surface area contributed by atoms with Gasteiger partial charge in [-0.15, -0.1) is 0 Å². The van der Waals surface area contributed by atoms with Gasteiger partial charge in [-0.05, 0) is 37.6 Å². The van der Waals surface area contributed by atoms with Gasteiger partial charge in [0.05, 0.1) is 5.69 Å². The van der Waals surface area contributed by atoms with E-state index < -0.39 is 17.9 Å². The van der Waals surface area contributed by atoms with Crippen molar-refractivity contribution in [3.63, 3.8) is 0 Å². The molecule has 0 bridgehead atoms. The number of aryl methyl sites for hydroxylation is 2. The van der Waals surface area contributed by atoms with Gasteiger partial charge in [0, 0.05) is 5.69 Å². The van der Waals surface area contributed by atoms with Gasteiger partial charge in [0.25, 0.3) is 17.9 Å². The normalized spacial score (nSPS) is 16.3. The van der Waals surface area contributed by atoms with Crippen molar-refractivity contribution in [2.24, 2.45) is 0 Å². The molecule has 2 aromatic rings. The second-order valence-corrected chi connectivity index (χ2v) is 5.29. The van der Waals surface area contributed by atoms with Crippen LogP contribution >= 0.6 is 0 Å². The molecule has 0 saturated heterocycles. The maximum Gasteiger partial charge on any atom is 0.275 e. The molecule has 2 aromatic carbocycles. The average molecular weight is 296 g/mol. The Labute approximate surface area is 128 Å². The monoisotopic (exact) mass is 296 g/mol. The molecule has 0 aliphatic carbocycles. The number of amides is 2. The maximum atomic E-state index is 12.3. The highest BCUT2D eigenvalue weighted by Crippen LogP contribution is 2.29. The summed E-state index contributed by atoms with van der Waals surface area (Å²) in [5.74, 6) is -0.470. The number of benzene rings is 2. The van der Waals surface area contributed by atoms with Gasteiger partial charge in [-0.25, -0.2) is 0 Å². The lowest BCUT2D eigenvalue weighted by Crippen LogP contribution is -2.45. The molecule has 3 rings (SSSR count). The minimum absolute atomic E-state index is 0.471. The minimum atomic E-state index is -1.20. The fraction of sp³-hybridized carbons (Fsp3) is 0.176. The van der Waals surface area contributed by atoms with Crippen molar-refractivity contribution in [1.82, 2.24) is 0 Å². The van der Waals surface area contributed by atoms with Crippen LogP contribution in [0.2, 0.25) is 0 Å². The van der Waals surface area contributed by atoms with Crippen LogP contribution < -0.4 is 15.4 Å². The first kappa shape index (κ1) is 14.1. The van der Waals surface area contributed by atoms with Crippen molar-refractivity contribution in [2.75, 3.05) is 10.6 Å². The summed E-state index contributed by atoms with van der Waals surface area (Å²) in [7, 11) is 0. The zero-order chi connectivity index (χ0) is 15.7. The van der Waals surface area contributed by atoms with Gasteiger partial charge in [0.2, 0.25) is 0 Å². The zero-order valence-corrected chi connectivity index (χ0v) is 12.3. The maximum absolute atomic E-state index is 12.3. The molecule has 0 saturated carbocycles. The lowest BCUT2D eigenvalue weighted by atomic mass is 10.1. The fourth-order valence-corrected chi connectivity index (χ4v) is 2.38. The van der Waals surface area contributed by atoms with E-state index in [9.17, 15) is 9.59 Å². The van der Waals surface area contributed by atoms with Crippen LogP contribution in [-0.2, 0) is 9.59 Å². The number of hydrogen-bond acceptors (Lipinski definition) is 3. The molecule has 5 nitrogen and oxygen atoms in total. The Balaban J connectivity index is 1.79. The van der Waals surface area contributed by atoms with Crippen molar-refractivity contribution >= 4 is 23.2 Å². The largest absolute Gasteiger partial charge is 0.468 e. The quantitative estimate of drug-likeness (QED) is 0.837. The molecule has 2 N–H and O–H groups in total. The highest BCUT2D eigenvalue weighted by molar-refractivity contribution is 6.15. The first-order valence-corrected chi connectivity index (χ1v) is 6.99. The summed E-state index contributed by atoms with van der Waals surface area (Å²) in [6.07, 6.45) is -1.20. The van der Waals surface area contributed by atoms with Gasteiger partial charge in [0.15, 0.2) is 0 Å². The highest BCUT2D eigenvalue weighted by Gasteiger charge is 2.33. The fourth-order valence-electron chi connectivity index (χ4n) is 2.38. The van der Waals surface area contributed by atoms with E-state index in [0.717, 1.165) is 11.1 Å². The lowest BCUT2D eigenvalue weighted by molar-refractivity contribution is -0.133. The number of anilines is 2. The van der Waals surface area contributed by atoms with Crippen LogP contribution in [0.1, 0.15) is 11.1 Å². The summed E-state index contributed by atoms with van der Waals surface area (Å²) < 4.78 is 5.52. The predicted octanol–water partition coefficient (Wildman–Crippen LogP) is 2.64. The summed E-state index contributed by atoms with van der Waals surface area (Å²) in [6, 6.07) is 12.7. The van der Waals surface area contributed by atoms with Crippen molar-refractivity contribution in [1.29, 1.82) is 0 Å². The molecule has 0 radical (unpaired) electrons. The Morgan fingerprint density at radius 3 is 2.73 bits per heavy atom. The van der Waals surface area contributed by atoms with Gasteiger partial charge < -0.3 is 15.4 Å².